The van der Waals surface area contributed by atoms with Gasteiger partial charge in [0.2, 0.25) is 0 Å². The Kier molecular flexibility index (Phi) is 5.01. The number of rotatable bonds is 5. The van der Waals surface area contributed by atoms with Gasteiger partial charge in [-0.3, -0.25) is 10.1 Å². The van der Waals surface area contributed by atoms with Crippen molar-refractivity contribution in [3.8, 4) is 11.5 Å². The molecule has 0 spiro atoms. The van der Waals surface area contributed by atoms with E-state index in [1.165, 1.54) is 12.1 Å². The van der Waals surface area contributed by atoms with Crippen LogP contribution in [0.15, 0.2) is 48.5 Å². The molecule has 0 radical (unpaired) electrons. The molecule has 2 aromatic carbocycles. The lowest BCUT2D eigenvalue weighted by atomic mass is 9.99. The number of ether oxygens (including phenoxy) is 1. The van der Waals surface area contributed by atoms with Crippen LogP contribution in [0.5, 0.6) is 11.5 Å². The topological polar surface area (TPSA) is 75.8 Å². The van der Waals surface area contributed by atoms with Crippen molar-refractivity contribution in [1.82, 2.24) is 0 Å². The summed E-state index contributed by atoms with van der Waals surface area (Å²) in [6, 6.07) is 10.5. The number of nitro groups is 1. The maximum absolute atomic E-state index is 12.7. The van der Waals surface area contributed by atoms with Crippen molar-refractivity contribution in [2.45, 2.75) is 13.0 Å². The summed E-state index contributed by atoms with van der Waals surface area (Å²) in [5, 5.41) is 20.2. The van der Waals surface area contributed by atoms with Crippen LogP contribution in [0.2, 0.25) is 0 Å². The number of hydrogen-bond donors (Lipinski definition) is 1. The van der Waals surface area contributed by atoms with E-state index in [0.29, 0.717) is 25.2 Å². The number of non-ortho nitro benzene ring substituents is 1. The van der Waals surface area contributed by atoms with Crippen LogP contribution in [0.25, 0.3) is 5.57 Å². The van der Waals surface area contributed by atoms with Crippen LogP contribution in [-0.4, -0.2) is 29.7 Å². The van der Waals surface area contributed by atoms with Gasteiger partial charge in [0, 0.05) is 19.2 Å². The standard InChI is InChI=1S/C18H16F2N2O4/c19-18(20)26-17-11-14(22(24)25)3-6-16(17)21-9-7-13(8-10-21)12-1-4-15(23)5-2-12/h1-7,11,18,23H,8-10H2. The Labute approximate surface area is 148 Å². The monoisotopic (exact) mass is 362 g/mol. The highest BCUT2D eigenvalue weighted by molar-refractivity contribution is 5.71. The Morgan fingerprint density at radius 2 is 1.92 bits per heavy atom. The quantitative estimate of drug-likeness (QED) is 0.637. The molecule has 0 bridgehead atoms. The molecule has 0 saturated carbocycles. The van der Waals surface area contributed by atoms with E-state index in [1.54, 1.807) is 12.1 Å². The summed E-state index contributed by atoms with van der Waals surface area (Å²) in [5.74, 6) is -0.0258. The lowest BCUT2D eigenvalue weighted by molar-refractivity contribution is -0.385. The summed E-state index contributed by atoms with van der Waals surface area (Å²) in [6.45, 7) is -2.07. The predicted octanol–water partition coefficient (Wildman–Crippen LogP) is 4.20. The third kappa shape index (κ3) is 3.90. The van der Waals surface area contributed by atoms with Crippen molar-refractivity contribution >= 4 is 16.9 Å². The number of phenolic OH excluding ortho intramolecular Hbond substituents is 1. The fourth-order valence-electron chi connectivity index (χ4n) is 2.89. The fourth-order valence-corrected chi connectivity index (χ4v) is 2.89. The van der Waals surface area contributed by atoms with Gasteiger partial charge >= 0.3 is 6.61 Å². The summed E-state index contributed by atoms with van der Waals surface area (Å²) >= 11 is 0. The second kappa shape index (κ2) is 7.38. The first-order chi connectivity index (χ1) is 12.4. The third-order valence-corrected chi connectivity index (χ3v) is 4.16. The molecule has 0 atom stereocenters. The largest absolute Gasteiger partial charge is 0.508 e. The average molecular weight is 362 g/mol. The van der Waals surface area contributed by atoms with Crippen molar-refractivity contribution in [2.75, 3.05) is 18.0 Å². The summed E-state index contributed by atoms with van der Waals surface area (Å²) < 4.78 is 29.8. The molecule has 6 nitrogen and oxygen atoms in total. The number of phenols is 1. The summed E-state index contributed by atoms with van der Waals surface area (Å²) in [6.07, 6.45) is 2.62. The van der Waals surface area contributed by atoms with Gasteiger partial charge in [0.15, 0.2) is 5.75 Å². The molecule has 2 aromatic rings. The molecular formula is C18H16F2N2O4. The normalized spacial score (nSPS) is 14.3. The molecule has 0 saturated heterocycles. The van der Waals surface area contributed by atoms with Crippen molar-refractivity contribution in [2.24, 2.45) is 0 Å². The molecule has 1 N–H and O–H groups in total. The molecular weight excluding hydrogens is 346 g/mol. The van der Waals surface area contributed by atoms with E-state index in [2.05, 4.69) is 4.74 Å². The van der Waals surface area contributed by atoms with Gasteiger partial charge in [-0.2, -0.15) is 8.78 Å². The maximum atomic E-state index is 12.7. The van der Waals surface area contributed by atoms with Gasteiger partial charge in [0.1, 0.15) is 5.75 Å². The van der Waals surface area contributed by atoms with Crippen LogP contribution in [0, 0.1) is 10.1 Å². The van der Waals surface area contributed by atoms with Crippen LogP contribution in [-0.2, 0) is 0 Å². The van der Waals surface area contributed by atoms with E-state index in [4.69, 9.17) is 0 Å². The van der Waals surface area contributed by atoms with Gasteiger partial charge in [-0.05, 0) is 35.8 Å². The van der Waals surface area contributed by atoms with Crippen LogP contribution in [0.1, 0.15) is 12.0 Å². The number of hydrogen-bond acceptors (Lipinski definition) is 5. The molecule has 0 unspecified atom stereocenters. The van der Waals surface area contributed by atoms with Gasteiger partial charge in [0.05, 0.1) is 16.7 Å². The molecule has 0 aliphatic carbocycles. The van der Waals surface area contributed by atoms with Gasteiger partial charge in [-0.1, -0.05) is 18.2 Å². The number of nitro benzene ring substituents is 1. The number of alkyl halides is 2. The van der Waals surface area contributed by atoms with Crippen molar-refractivity contribution in [3.63, 3.8) is 0 Å². The Bertz CT molecular complexity index is 838. The first-order valence-electron chi connectivity index (χ1n) is 7.90. The Morgan fingerprint density at radius 1 is 1.19 bits per heavy atom. The fraction of sp³-hybridized carbons (Fsp3) is 0.222. The Balaban J connectivity index is 1.83. The summed E-state index contributed by atoms with van der Waals surface area (Å²) in [5.41, 5.74) is 2.15. The SMILES string of the molecule is O=[N+]([O-])c1ccc(N2CC=C(c3ccc(O)cc3)CC2)c(OC(F)F)c1. The first kappa shape index (κ1) is 17.7. The molecule has 26 heavy (non-hydrogen) atoms. The maximum Gasteiger partial charge on any atom is 0.387 e. The van der Waals surface area contributed by atoms with Gasteiger partial charge in [-0.15, -0.1) is 0 Å². The number of benzene rings is 2. The number of anilines is 1. The average Bonchev–Trinajstić information content (AvgIpc) is 2.62. The van der Waals surface area contributed by atoms with Gasteiger partial charge in [-0.25, -0.2) is 0 Å². The zero-order chi connectivity index (χ0) is 18.7. The van der Waals surface area contributed by atoms with Gasteiger partial charge in [0.25, 0.3) is 5.69 Å². The van der Waals surface area contributed by atoms with E-state index >= 15 is 0 Å². The molecule has 1 aliphatic rings. The zero-order valence-corrected chi connectivity index (χ0v) is 13.6. The van der Waals surface area contributed by atoms with E-state index in [-0.39, 0.29) is 17.2 Å². The summed E-state index contributed by atoms with van der Waals surface area (Å²) in [4.78, 5) is 12.0. The predicted molar refractivity (Wildman–Crippen MR) is 92.6 cm³/mol. The Morgan fingerprint density at radius 3 is 2.50 bits per heavy atom. The van der Waals surface area contributed by atoms with Crippen molar-refractivity contribution in [1.29, 1.82) is 0 Å². The van der Waals surface area contributed by atoms with Crippen molar-refractivity contribution in [3.05, 3.63) is 64.2 Å². The van der Waals surface area contributed by atoms with E-state index in [0.717, 1.165) is 17.2 Å². The van der Waals surface area contributed by atoms with Crippen LogP contribution in [0.4, 0.5) is 20.2 Å². The molecule has 0 fully saturated rings. The minimum absolute atomic E-state index is 0.187. The van der Waals surface area contributed by atoms with E-state index in [1.807, 2.05) is 23.1 Å². The van der Waals surface area contributed by atoms with E-state index in [9.17, 15) is 24.0 Å². The van der Waals surface area contributed by atoms with E-state index < -0.39 is 11.5 Å². The molecule has 1 heterocycles. The smallest absolute Gasteiger partial charge is 0.387 e. The molecule has 1 aliphatic heterocycles. The Hall–Kier alpha value is -3.16. The second-order valence-electron chi connectivity index (χ2n) is 5.76. The molecule has 0 amide bonds. The van der Waals surface area contributed by atoms with Gasteiger partial charge < -0.3 is 14.7 Å². The number of aromatic hydroxyl groups is 1. The first-order valence-corrected chi connectivity index (χ1v) is 7.90. The second-order valence-corrected chi connectivity index (χ2v) is 5.76. The molecule has 136 valence electrons. The molecule has 3 rings (SSSR count). The summed E-state index contributed by atoms with van der Waals surface area (Å²) in [7, 11) is 0. The molecule has 0 aromatic heterocycles. The number of nitrogens with zero attached hydrogens (tertiary/aromatic N) is 2. The zero-order valence-electron chi connectivity index (χ0n) is 13.6. The minimum Gasteiger partial charge on any atom is -0.508 e. The minimum atomic E-state index is -3.07. The van der Waals surface area contributed by atoms with Crippen LogP contribution in [0.3, 0.4) is 0 Å². The van der Waals surface area contributed by atoms with Crippen LogP contribution >= 0.6 is 0 Å². The van der Waals surface area contributed by atoms with Crippen molar-refractivity contribution < 1.29 is 23.5 Å². The molecule has 8 heteroatoms. The van der Waals surface area contributed by atoms with Crippen LogP contribution < -0.4 is 9.64 Å². The highest BCUT2D eigenvalue weighted by Crippen LogP contribution is 2.36. The lowest BCUT2D eigenvalue weighted by Crippen LogP contribution is -2.28. The number of halogens is 2. The highest BCUT2D eigenvalue weighted by atomic mass is 19.3. The third-order valence-electron chi connectivity index (χ3n) is 4.16. The lowest BCUT2D eigenvalue weighted by Gasteiger charge is -2.30. The highest BCUT2D eigenvalue weighted by Gasteiger charge is 2.21.